The molecule has 0 amide bonds. The number of anilines is 3. The second-order valence-electron chi connectivity index (χ2n) is 19.1. The van der Waals surface area contributed by atoms with Crippen LogP contribution >= 0.6 is 11.3 Å². The van der Waals surface area contributed by atoms with Gasteiger partial charge in [-0.3, -0.25) is 15.1 Å². The predicted molar refractivity (Wildman–Crippen MR) is 316 cm³/mol. The SMILES string of the molecule is C#C.C=C(Nc1nccc(C2=CCC=C2)c1C)c1[nH]nc2c(F)cc(-c3cncc(CNCC4CCCC4)c3)cc12.C=C/C=C(/c1cccs1)c1nc(Cc2cc(-c3cncc(NC(=C)CCC)c3)cc(F)c2N)[nH]c1C. The van der Waals surface area contributed by atoms with Gasteiger partial charge in [-0.1, -0.05) is 82.4 Å². The topological polar surface area (TPSA) is 158 Å². The van der Waals surface area contributed by atoms with Gasteiger partial charge in [0, 0.05) is 76.1 Å². The number of aromatic nitrogens is 7. The molecule has 2 aliphatic rings. The van der Waals surface area contributed by atoms with Crippen LogP contribution in [0.15, 0.2) is 147 Å². The van der Waals surface area contributed by atoms with Crippen LogP contribution in [0.3, 0.4) is 0 Å². The molecule has 2 aliphatic carbocycles. The number of benzene rings is 2. The lowest BCUT2D eigenvalue weighted by Crippen LogP contribution is -2.20. The quantitative estimate of drug-likeness (QED) is 0.0263. The van der Waals surface area contributed by atoms with E-state index in [-0.39, 0.29) is 17.0 Å². The van der Waals surface area contributed by atoms with E-state index in [1.807, 2.05) is 61.8 Å². The van der Waals surface area contributed by atoms with E-state index in [0.29, 0.717) is 46.0 Å². The number of hydrogen-bond acceptors (Lipinski definition) is 10. The lowest BCUT2D eigenvalue weighted by molar-refractivity contribution is 0.489. The number of nitrogens with two attached hydrogens (primary N) is 1. The molecule has 6 heterocycles. The first kappa shape index (κ1) is 54.7. The minimum atomic E-state index is -0.467. The van der Waals surface area contributed by atoms with E-state index < -0.39 is 5.82 Å². The average Bonchev–Trinajstić information content (AvgIpc) is 4.34. The van der Waals surface area contributed by atoms with Gasteiger partial charge >= 0.3 is 0 Å². The maximum absolute atomic E-state index is 15.2. The number of imidazole rings is 1. The molecule has 7 N–H and O–H groups in total. The van der Waals surface area contributed by atoms with E-state index >= 15 is 4.39 Å². The van der Waals surface area contributed by atoms with Crippen LogP contribution < -0.4 is 21.7 Å². The summed E-state index contributed by atoms with van der Waals surface area (Å²) in [4.78, 5) is 22.6. The lowest BCUT2D eigenvalue weighted by Gasteiger charge is -2.14. The number of nitrogens with zero attached hydrogens (tertiary/aromatic N) is 5. The highest BCUT2D eigenvalue weighted by Gasteiger charge is 2.20. The van der Waals surface area contributed by atoms with E-state index in [0.717, 1.165) is 105 Å². The van der Waals surface area contributed by atoms with Crippen molar-refractivity contribution >= 4 is 56.3 Å². The molecule has 8 aromatic rings. The Morgan fingerprint density at radius 3 is 2.44 bits per heavy atom. The Kier molecular flexibility index (Phi) is 18.4. The summed E-state index contributed by atoms with van der Waals surface area (Å²) in [6.45, 7) is 20.0. The Labute approximate surface area is 454 Å². The first-order chi connectivity index (χ1) is 37.5. The van der Waals surface area contributed by atoms with Gasteiger partial charge in [-0.25, -0.2) is 18.7 Å². The summed E-state index contributed by atoms with van der Waals surface area (Å²) in [5, 5.41) is 20.1. The molecule has 0 spiro atoms. The average molecular weight is 1050 g/mol. The van der Waals surface area contributed by atoms with Crippen LogP contribution in [-0.4, -0.2) is 41.7 Å². The van der Waals surface area contributed by atoms with Crippen LogP contribution in [0.25, 0.3) is 50.0 Å². The van der Waals surface area contributed by atoms with Crippen molar-refractivity contribution in [2.45, 2.75) is 78.7 Å². The molecule has 1 saturated carbocycles. The fraction of sp³-hybridized carbons (Fsp3) is 0.222. The minimum Gasteiger partial charge on any atom is -0.396 e. The molecule has 6 aromatic heterocycles. The highest BCUT2D eigenvalue weighted by atomic mass is 32.1. The van der Waals surface area contributed by atoms with E-state index in [1.165, 1.54) is 43.4 Å². The molecule has 10 rings (SSSR count). The number of nitrogen functional groups attached to an aromatic ring is 1. The van der Waals surface area contributed by atoms with Gasteiger partial charge in [-0.15, -0.1) is 24.2 Å². The van der Waals surface area contributed by atoms with Crippen LogP contribution in [-0.2, 0) is 13.0 Å². The number of nitrogens with one attached hydrogen (secondary N) is 5. The number of hydrogen-bond donors (Lipinski definition) is 6. The number of halogens is 2. The van der Waals surface area contributed by atoms with Crippen LogP contribution in [0, 0.1) is 44.2 Å². The lowest BCUT2D eigenvalue weighted by atomic mass is 10.0. The molecule has 14 heteroatoms. The van der Waals surface area contributed by atoms with Crippen molar-refractivity contribution < 1.29 is 8.78 Å². The smallest absolute Gasteiger partial charge is 0.151 e. The first-order valence-electron chi connectivity index (χ1n) is 25.8. The molecule has 0 atom stereocenters. The Morgan fingerprint density at radius 1 is 0.935 bits per heavy atom. The number of thiophene rings is 1. The number of terminal acetylenes is 1. The van der Waals surface area contributed by atoms with Crippen LogP contribution in [0.4, 0.5) is 26.0 Å². The zero-order chi connectivity index (χ0) is 54.4. The number of aryl methyl sites for hydroxylation is 1. The second kappa shape index (κ2) is 25.8. The molecule has 1 fully saturated rings. The van der Waals surface area contributed by atoms with E-state index in [1.54, 1.807) is 42.2 Å². The standard InChI is InChI=1S/C32H33FN6.C29H30FN5S.C2H2/c1-20-27(24-9-5-6-10-24)11-12-36-32(20)37-21(2)30-28-14-25(15-29(33)31(28)39-38-30)26-13-23(18-35-19-26)17-34-16-22-7-3-4-8-22;1-5-8-18(3)33-23-13-22(16-32-17-23)20-12-21(28(31)25(30)14-20)15-27-34-19(4)29(35-27)24(9-6-2)26-10-7-11-36-26;1-2/h5,9-15,18-19,22,34H,2-4,6-8,16-17H2,1H3,(H,36,37)(H,38,39);6-7,9-14,16-17,33H,2-3,5,8,15,31H2,1,4H3,(H,34,35);1-2H/b;24-9-;. The van der Waals surface area contributed by atoms with Crippen molar-refractivity contribution in [1.82, 2.24) is 40.4 Å². The Morgan fingerprint density at radius 2 is 1.70 bits per heavy atom. The van der Waals surface area contributed by atoms with Gasteiger partial charge in [-0.05, 0) is 145 Å². The highest BCUT2D eigenvalue weighted by Crippen LogP contribution is 2.35. The molecule has 392 valence electrons. The van der Waals surface area contributed by atoms with Crippen molar-refractivity contribution in [1.29, 1.82) is 0 Å². The summed E-state index contributed by atoms with van der Waals surface area (Å²) in [6, 6.07) is 16.9. The Balaban J connectivity index is 0.000000198. The van der Waals surface area contributed by atoms with Crippen LogP contribution in [0.2, 0.25) is 0 Å². The van der Waals surface area contributed by atoms with Gasteiger partial charge in [0.15, 0.2) is 5.82 Å². The number of fused-ring (bicyclic) bond motifs is 1. The molecule has 0 saturated heterocycles. The van der Waals surface area contributed by atoms with E-state index in [4.69, 9.17) is 10.7 Å². The first-order valence-corrected chi connectivity index (χ1v) is 26.7. The zero-order valence-electron chi connectivity index (χ0n) is 43.9. The molecule has 77 heavy (non-hydrogen) atoms. The predicted octanol–water partition coefficient (Wildman–Crippen LogP) is 14.9. The Hall–Kier alpha value is -8.51. The summed E-state index contributed by atoms with van der Waals surface area (Å²) in [5.74, 6) is 1.34. The van der Waals surface area contributed by atoms with E-state index in [2.05, 4.69) is 116 Å². The summed E-state index contributed by atoms with van der Waals surface area (Å²) < 4.78 is 30.1. The summed E-state index contributed by atoms with van der Waals surface area (Å²) in [7, 11) is 0. The third-order valence-corrected chi connectivity index (χ3v) is 14.5. The maximum atomic E-state index is 15.2. The minimum absolute atomic E-state index is 0.119. The number of aromatic amines is 2. The number of rotatable bonds is 19. The van der Waals surface area contributed by atoms with Crippen molar-refractivity contribution in [2.24, 2.45) is 5.92 Å². The largest absolute Gasteiger partial charge is 0.396 e. The monoisotopic (exact) mass is 1050 g/mol. The normalized spacial score (nSPS) is 13.1. The summed E-state index contributed by atoms with van der Waals surface area (Å²) in [5.41, 5.74) is 20.4. The molecule has 0 bridgehead atoms. The summed E-state index contributed by atoms with van der Waals surface area (Å²) >= 11 is 1.64. The van der Waals surface area contributed by atoms with Gasteiger partial charge in [0.2, 0.25) is 0 Å². The molecular weight excluding hydrogens is 981 g/mol. The van der Waals surface area contributed by atoms with Gasteiger partial charge in [0.1, 0.15) is 23.0 Å². The molecule has 2 aromatic carbocycles. The zero-order valence-corrected chi connectivity index (χ0v) is 44.8. The number of allylic oxidation sites excluding steroid dienone is 7. The number of pyridine rings is 3. The highest BCUT2D eigenvalue weighted by molar-refractivity contribution is 7.11. The van der Waals surface area contributed by atoms with Crippen molar-refractivity contribution in [3.63, 3.8) is 0 Å². The Bertz CT molecular complexity index is 3520. The number of H-pyrrole nitrogens is 2. The van der Waals surface area contributed by atoms with Gasteiger partial charge < -0.3 is 26.7 Å². The molecule has 0 aliphatic heterocycles. The van der Waals surface area contributed by atoms with Gasteiger partial charge in [0.25, 0.3) is 0 Å². The second-order valence-corrected chi connectivity index (χ2v) is 20.1. The fourth-order valence-corrected chi connectivity index (χ4v) is 10.5. The molecular formula is C63H65F2N11S. The molecule has 11 nitrogen and oxygen atoms in total. The van der Waals surface area contributed by atoms with Crippen LogP contribution in [0.5, 0.6) is 0 Å². The molecule has 0 unspecified atom stereocenters. The van der Waals surface area contributed by atoms with Crippen LogP contribution in [0.1, 0.15) is 102 Å². The third kappa shape index (κ3) is 13.3. The molecule has 0 radical (unpaired) electrons. The third-order valence-electron chi connectivity index (χ3n) is 13.6. The van der Waals surface area contributed by atoms with Gasteiger partial charge in [0.05, 0.1) is 34.7 Å². The van der Waals surface area contributed by atoms with E-state index in [9.17, 15) is 4.39 Å². The fourth-order valence-electron chi connectivity index (χ4n) is 9.79. The van der Waals surface area contributed by atoms with Gasteiger partial charge in [-0.2, -0.15) is 5.10 Å². The summed E-state index contributed by atoms with van der Waals surface area (Å²) in [6.07, 6.45) is 35.5. The maximum Gasteiger partial charge on any atom is 0.151 e. The van der Waals surface area contributed by atoms with Crippen molar-refractivity contribution in [3.05, 3.63) is 208 Å². The van der Waals surface area contributed by atoms with Crippen molar-refractivity contribution in [3.8, 4) is 35.1 Å². The van der Waals surface area contributed by atoms with Crippen molar-refractivity contribution in [2.75, 3.05) is 22.9 Å².